The molecule has 10 fully saturated rings. The van der Waals surface area contributed by atoms with Crippen LogP contribution in [0.5, 0.6) is 11.5 Å². The smallest absolute Gasteiger partial charge is 0.343 e. The third kappa shape index (κ3) is 6.03. The van der Waals surface area contributed by atoms with E-state index in [2.05, 4.69) is 39.9 Å². The Labute approximate surface area is 445 Å². The number of hydrogen-bond acceptors (Lipinski definition) is 16. The molecule has 13 aliphatic rings. The van der Waals surface area contributed by atoms with Crippen LogP contribution in [0.3, 0.4) is 0 Å². The van der Waals surface area contributed by atoms with Crippen molar-refractivity contribution in [1.82, 2.24) is 15.6 Å². The Morgan fingerprint density at radius 1 is 0.865 bits per heavy atom. The zero-order valence-corrected chi connectivity index (χ0v) is 44.7. The topological polar surface area (TPSA) is 206 Å². The number of aromatic nitrogens is 1. The van der Waals surface area contributed by atoms with Crippen LogP contribution in [0.25, 0.3) is 32.4 Å². The normalized spacial score (nSPS) is 45.4. The number of benzene rings is 4. The lowest BCUT2D eigenvalue weighted by atomic mass is 9.39. The zero-order valence-electron chi connectivity index (χ0n) is 41.4. The highest BCUT2D eigenvalue weighted by atomic mass is 33.1. The molecule has 9 bridgehead atoms. The van der Waals surface area contributed by atoms with Gasteiger partial charge < -0.3 is 60.5 Å². The van der Waals surface area contributed by atoms with Crippen LogP contribution in [0, 0.1) is 52.8 Å². The molecule has 0 amide bonds. The van der Waals surface area contributed by atoms with Crippen molar-refractivity contribution in [3.63, 3.8) is 0 Å². The Morgan fingerprint density at radius 3 is 2.50 bits per heavy atom. The van der Waals surface area contributed by atoms with Gasteiger partial charge in [-0.2, -0.15) is 0 Å². The number of carbonyl (C=O) groups excluding carboxylic acids is 1. The van der Waals surface area contributed by atoms with Crippen molar-refractivity contribution in [2.45, 2.75) is 121 Å². The van der Waals surface area contributed by atoms with E-state index in [1.54, 1.807) is 10.8 Å². The summed E-state index contributed by atoms with van der Waals surface area (Å²) in [5, 5.41) is 88.6. The van der Waals surface area contributed by atoms with Gasteiger partial charge in [-0.05, 0) is 152 Å². The number of aromatic amines is 1. The number of carbonyl (C=O) groups is 1. The molecular formula is C57H65N3O10S4. The first-order valence-corrected chi connectivity index (χ1v) is 31.8. The van der Waals surface area contributed by atoms with Gasteiger partial charge in [0, 0.05) is 69.1 Å². The second-order valence-corrected chi connectivity index (χ2v) is 29.2. The van der Waals surface area contributed by atoms with Gasteiger partial charge in [-0.1, -0.05) is 79.6 Å². The van der Waals surface area contributed by atoms with Crippen molar-refractivity contribution in [3.8, 4) is 11.5 Å². The van der Waals surface area contributed by atoms with E-state index in [1.807, 2.05) is 88.9 Å². The van der Waals surface area contributed by atoms with Gasteiger partial charge in [0.15, 0.2) is 17.5 Å². The van der Waals surface area contributed by atoms with Crippen LogP contribution in [0.4, 0.5) is 0 Å². The number of aliphatic hydroxyl groups excluding tert-OH is 3. The zero-order chi connectivity index (χ0) is 50.4. The molecule has 9 N–H and O–H groups in total. The Kier molecular flexibility index (Phi) is 11.2. The van der Waals surface area contributed by atoms with E-state index in [4.69, 9.17) is 14.2 Å². The molecule has 0 unspecified atom stereocenters. The summed E-state index contributed by atoms with van der Waals surface area (Å²) in [5.74, 6) is -2.31. The first kappa shape index (κ1) is 48.4. The number of fused-ring (bicyclic) bond motifs is 4. The van der Waals surface area contributed by atoms with Crippen LogP contribution >= 0.6 is 43.2 Å². The Balaban J connectivity index is 0.954. The Bertz CT molecular complexity index is 3130. The van der Waals surface area contributed by atoms with Crippen molar-refractivity contribution < 1.29 is 49.6 Å². The lowest BCUT2D eigenvalue weighted by Gasteiger charge is -2.69. The number of hydrogen-bond donors (Lipinski definition) is 9. The number of esters is 1. The van der Waals surface area contributed by atoms with Crippen molar-refractivity contribution in [1.29, 1.82) is 0 Å². The Hall–Kier alpha value is -2.75. The van der Waals surface area contributed by atoms with Crippen LogP contribution < -0.4 is 15.4 Å². The molecule has 5 aromatic rings. The number of aliphatic hydroxyl groups is 5. The van der Waals surface area contributed by atoms with Gasteiger partial charge in [-0.3, -0.25) is 0 Å². The number of ether oxygens (including phenoxy) is 3. The molecule has 8 heterocycles. The van der Waals surface area contributed by atoms with Gasteiger partial charge in [0.05, 0.1) is 35.4 Å². The fraction of sp³-hybridized carbons (Fsp3) is 0.596. The van der Waals surface area contributed by atoms with E-state index in [1.165, 1.54) is 11.1 Å². The summed E-state index contributed by atoms with van der Waals surface area (Å²) in [6.07, 6.45) is -0.805. The first-order chi connectivity index (χ1) is 35.9. The summed E-state index contributed by atoms with van der Waals surface area (Å²) in [6.45, 7) is 0.0327. The summed E-state index contributed by atoms with van der Waals surface area (Å²) in [6, 6.07) is 22.1. The minimum Gasteiger partial charge on any atom is -0.508 e. The lowest BCUT2D eigenvalue weighted by molar-refractivity contribution is -0.381. The fourth-order valence-corrected chi connectivity index (χ4v) is 26.3. The minimum absolute atomic E-state index is 0.0980. The van der Waals surface area contributed by atoms with Gasteiger partial charge in [0.1, 0.15) is 18.0 Å². The molecular weight excluding hydrogens is 1010 g/mol. The second-order valence-electron chi connectivity index (χ2n) is 23.9. The largest absolute Gasteiger partial charge is 0.508 e. The maximum atomic E-state index is 15.6. The molecule has 18 rings (SSSR count). The van der Waals surface area contributed by atoms with Crippen LogP contribution in [0.15, 0.2) is 66.7 Å². The molecule has 392 valence electrons. The highest BCUT2D eigenvalue weighted by molar-refractivity contribution is 8.78. The quantitative estimate of drug-likeness (QED) is 0.0479. The number of phenolic OH excluding ortho intramolecular Hbond substituents is 1. The Morgan fingerprint density at radius 2 is 1.69 bits per heavy atom. The lowest BCUT2D eigenvalue weighted by Crippen LogP contribution is -2.80. The summed E-state index contributed by atoms with van der Waals surface area (Å²) in [7, 11) is 11.3. The van der Waals surface area contributed by atoms with E-state index < -0.39 is 83.1 Å². The molecule has 6 aliphatic carbocycles. The molecule has 5 saturated carbocycles. The molecule has 4 aromatic carbocycles. The summed E-state index contributed by atoms with van der Waals surface area (Å²) in [5.41, 5.74) is -0.395. The maximum absolute atomic E-state index is 15.6. The SMILES string of the molecule is CNC[C@H]1SSC[C@H]2SSC[C@@H](NC)[C@H]3C[C@@H]4[C@H]5C[C@@H]1[C@H](O)[C@]1(O)O[C@@H](C(=O)Oc6c(CO)[nH]c7ccc8cc9ccccc9cc8c67)[C@H](O[C@H]4[C@]4(CC[C@H]6C[C@@H]7CC[C@@H]8[C@@H]2c2cc(O)ccc2[C@@]64[C@H]78)[C@@H]3O)[C@]51O. The highest BCUT2D eigenvalue weighted by Crippen LogP contribution is 2.82. The average molecular weight is 1080 g/mol. The van der Waals surface area contributed by atoms with Gasteiger partial charge in [-0.15, -0.1) is 0 Å². The second kappa shape index (κ2) is 17.1. The number of aromatic hydroxyl groups is 1. The third-order valence-electron chi connectivity index (χ3n) is 21.5. The van der Waals surface area contributed by atoms with E-state index in [0.29, 0.717) is 48.5 Å². The maximum Gasteiger partial charge on any atom is 0.343 e. The molecule has 1 aromatic heterocycles. The van der Waals surface area contributed by atoms with Gasteiger partial charge in [0.2, 0.25) is 5.79 Å². The number of nitrogens with one attached hydrogen (secondary N) is 3. The van der Waals surface area contributed by atoms with E-state index in [0.717, 1.165) is 58.7 Å². The number of H-pyrrole nitrogens is 1. The number of phenols is 1. The molecule has 74 heavy (non-hydrogen) atoms. The molecule has 13 nitrogen and oxygen atoms in total. The molecule has 17 heteroatoms. The van der Waals surface area contributed by atoms with Crippen LogP contribution in [0.1, 0.15) is 67.7 Å². The van der Waals surface area contributed by atoms with Gasteiger partial charge in [-0.25, -0.2) is 4.79 Å². The van der Waals surface area contributed by atoms with Crippen LogP contribution in [0.2, 0.25) is 0 Å². The van der Waals surface area contributed by atoms with E-state index >= 15 is 4.79 Å². The van der Waals surface area contributed by atoms with Crippen molar-refractivity contribution in [2.24, 2.45) is 52.8 Å². The molecule has 7 aliphatic heterocycles. The van der Waals surface area contributed by atoms with Crippen LogP contribution in [-0.2, 0) is 26.3 Å². The summed E-state index contributed by atoms with van der Waals surface area (Å²) < 4.78 is 21.1. The van der Waals surface area contributed by atoms with E-state index in [9.17, 15) is 30.6 Å². The van der Waals surface area contributed by atoms with Gasteiger partial charge in [0.25, 0.3) is 0 Å². The van der Waals surface area contributed by atoms with Crippen molar-refractivity contribution in [3.05, 3.63) is 83.6 Å². The summed E-state index contributed by atoms with van der Waals surface area (Å²) >= 11 is 0. The van der Waals surface area contributed by atoms with Crippen LogP contribution in [-0.4, -0.2) is 132 Å². The van der Waals surface area contributed by atoms with Crippen molar-refractivity contribution in [2.75, 3.05) is 32.1 Å². The fourth-order valence-electron chi connectivity index (χ4n) is 19.2. The predicted molar refractivity (Wildman–Crippen MR) is 290 cm³/mol. The molecule has 21 atom stereocenters. The van der Waals surface area contributed by atoms with Gasteiger partial charge >= 0.3 is 5.97 Å². The molecule has 0 radical (unpaired) electrons. The first-order valence-electron chi connectivity index (χ1n) is 27.1. The standard InChI is InChI=1S/C57H65N3O10S4/c1-58-21-42-36-20-38-34-19-35-41(59-2)23-71-74-43(24-72-73-42)44-31-10-7-28-16-29-13-14-54(49(35)63,55(29,46(28)31)37-11-9-30(62)18-33(37)44)51(34)69-52-48(70-57(67,50(36)64)56(38,52)66)53(65)68-47-40(22-61)60-39-12-8-27-15-25-5-3-4-6-26(25)17-32(27)45(39)47/h3-6,8-9,11-12,15,17-18,28-29,31,34-36,38,41-44,46,48-52,58-64,66-67H,7,10,13-14,16,19-24H2,1-2H3/t28-,29-,31+,34+,35+,36-,38+,41+,42+,43+,44+,46+,48+,49+,50-,51+,52-,54-,55+,56+,57-/m0/s1. The average Bonchev–Trinajstić information content (AvgIpc) is 4.20. The number of rotatable bonds is 6. The highest BCUT2D eigenvalue weighted by Gasteiger charge is 2.85. The monoisotopic (exact) mass is 1080 g/mol. The molecule has 2 spiro atoms. The summed E-state index contributed by atoms with van der Waals surface area (Å²) in [4.78, 5) is 18.9. The molecule has 5 saturated heterocycles. The van der Waals surface area contributed by atoms with E-state index in [-0.39, 0.29) is 57.4 Å². The van der Waals surface area contributed by atoms with Crippen molar-refractivity contribution >= 4 is 81.6 Å². The predicted octanol–water partition coefficient (Wildman–Crippen LogP) is 6.97. The minimum atomic E-state index is -2.66. The third-order valence-corrected chi connectivity index (χ3v) is 27.6.